The lowest BCUT2D eigenvalue weighted by Gasteiger charge is -2.40. The lowest BCUT2D eigenvalue weighted by Crippen LogP contribution is -2.51. The highest BCUT2D eigenvalue weighted by atomic mass is 16.5. The zero-order valence-corrected chi connectivity index (χ0v) is 17.4. The van der Waals surface area contributed by atoms with E-state index in [-0.39, 0.29) is 11.9 Å². The highest BCUT2D eigenvalue weighted by molar-refractivity contribution is 5.83. The number of carbonyl (C=O) groups excluding carboxylic acids is 1. The van der Waals surface area contributed by atoms with Gasteiger partial charge in [-0.25, -0.2) is 0 Å². The summed E-state index contributed by atoms with van der Waals surface area (Å²) in [5.74, 6) is 1.09. The summed E-state index contributed by atoms with van der Waals surface area (Å²) in [6.45, 7) is 5.66. The molecule has 3 rings (SSSR count). The zero-order valence-electron chi connectivity index (χ0n) is 17.4. The Balaban J connectivity index is 1.75. The van der Waals surface area contributed by atoms with Gasteiger partial charge in [0.15, 0.2) is 0 Å². The fourth-order valence-corrected chi connectivity index (χ4v) is 3.87. The second-order valence-corrected chi connectivity index (χ2v) is 7.42. The van der Waals surface area contributed by atoms with Crippen LogP contribution in [0.1, 0.15) is 24.1 Å². The highest BCUT2D eigenvalue weighted by Crippen LogP contribution is 2.28. The first kappa shape index (κ1) is 20.2. The molecule has 0 saturated carbocycles. The third-order valence-corrected chi connectivity index (χ3v) is 5.48. The van der Waals surface area contributed by atoms with Crippen LogP contribution in [0.4, 0.5) is 5.69 Å². The van der Waals surface area contributed by atoms with Crippen LogP contribution in [0.3, 0.4) is 0 Å². The molecule has 0 spiro atoms. The number of nitrogens with zero attached hydrogens (tertiary/aromatic N) is 3. The predicted octanol–water partition coefficient (Wildman–Crippen LogP) is 3.21. The van der Waals surface area contributed by atoms with Gasteiger partial charge in [-0.1, -0.05) is 37.3 Å². The Hall–Kier alpha value is -2.53. The Morgan fingerprint density at radius 3 is 2.32 bits per heavy atom. The Labute approximate surface area is 168 Å². The quantitative estimate of drug-likeness (QED) is 0.770. The number of aryl methyl sites for hydroxylation is 1. The molecule has 0 aromatic heterocycles. The number of ether oxygens (including phenoxy) is 1. The Kier molecular flexibility index (Phi) is 6.57. The molecule has 1 heterocycles. The van der Waals surface area contributed by atoms with Crippen molar-refractivity contribution in [2.24, 2.45) is 0 Å². The van der Waals surface area contributed by atoms with Crippen molar-refractivity contribution in [2.75, 3.05) is 52.3 Å². The molecule has 5 heteroatoms. The van der Waals surface area contributed by atoms with Crippen LogP contribution in [0.15, 0.2) is 48.5 Å². The first-order chi connectivity index (χ1) is 13.5. The van der Waals surface area contributed by atoms with Gasteiger partial charge in [-0.15, -0.1) is 0 Å². The second-order valence-electron chi connectivity index (χ2n) is 7.42. The molecule has 150 valence electrons. The smallest absolute Gasteiger partial charge is 0.244 e. The van der Waals surface area contributed by atoms with Crippen LogP contribution in [0.5, 0.6) is 5.75 Å². The Morgan fingerprint density at radius 1 is 1.07 bits per heavy atom. The van der Waals surface area contributed by atoms with E-state index in [2.05, 4.69) is 47.1 Å². The zero-order chi connectivity index (χ0) is 20.1. The normalized spacial score (nSPS) is 15.9. The molecule has 2 aromatic rings. The van der Waals surface area contributed by atoms with Crippen LogP contribution in [-0.4, -0.2) is 63.1 Å². The van der Waals surface area contributed by atoms with Crippen molar-refractivity contribution in [3.05, 3.63) is 59.7 Å². The van der Waals surface area contributed by atoms with Gasteiger partial charge in [0.05, 0.1) is 7.11 Å². The molecular weight excluding hydrogens is 350 g/mol. The average Bonchev–Trinajstić information content (AvgIpc) is 2.74. The summed E-state index contributed by atoms with van der Waals surface area (Å²) in [6.07, 6.45) is 0.949. The lowest BCUT2D eigenvalue weighted by atomic mass is 10.0. The van der Waals surface area contributed by atoms with Crippen molar-refractivity contribution in [2.45, 2.75) is 19.4 Å². The number of methoxy groups -OCH3 is 1. The van der Waals surface area contributed by atoms with E-state index in [9.17, 15) is 4.79 Å². The lowest BCUT2D eigenvalue weighted by molar-refractivity contribution is -0.134. The van der Waals surface area contributed by atoms with E-state index in [0.717, 1.165) is 43.9 Å². The van der Waals surface area contributed by atoms with E-state index in [1.165, 1.54) is 11.3 Å². The molecular formula is C23H31N3O2. The molecule has 1 unspecified atom stereocenters. The van der Waals surface area contributed by atoms with E-state index >= 15 is 0 Å². The molecule has 0 radical (unpaired) electrons. The van der Waals surface area contributed by atoms with Crippen molar-refractivity contribution in [3.63, 3.8) is 0 Å². The number of benzene rings is 2. The average molecular weight is 382 g/mol. The van der Waals surface area contributed by atoms with Gasteiger partial charge in [0.2, 0.25) is 5.91 Å². The molecule has 1 aliphatic rings. The number of hydrogen-bond acceptors (Lipinski definition) is 4. The van der Waals surface area contributed by atoms with Gasteiger partial charge in [0, 0.05) is 46.0 Å². The second kappa shape index (κ2) is 9.11. The first-order valence-corrected chi connectivity index (χ1v) is 9.97. The summed E-state index contributed by atoms with van der Waals surface area (Å²) < 4.78 is 5.46. The molecule has 5 nitrogen and oxygen atoms in total. The fraction of sp³-hybridized carbons (Fsp3) is 0.435. The molecule has 1 amide bonds. The van der Waals surface area contributed by atoms with Crippen LogP contribution >= 0.6 is 0 Å². The Morgan fingerprint density at radius 2 is 1.75 bits per heavy atom. The third-order valence-electron chi connectivity index (χ3n) is 5.48. The van der Waals surface area contributed by atoms with Gasteiger partial charge in [0.25, 0.3) is 0 Å². The largest absolute Gasteiger partial charge is 0.496 e. The fourth-order valence-electron chi connectivity index (χ4n) is 3.87. The predicted molar refractivity (Wildman–Crippen MR) is 114 cm³/mol. The van der Waals surface area contributed by atoms with Crippen LogP contribution in [0, 0.1) is 0 Å². The Bertz CT molecular complexity index is 784. The molecule has 0 N–H and O–H groups in total. The number of piperazine rings is 1. The van der Waals surface area contributed by atoms with Crippen LogP contribution in [-0.2, 0) is 11.2 Å². The molecule has 1 aliphatic heterocycles. The molecule has 28 heavy (non-hydrogen) atoms. The maximum atomic E-state index is 12.9. The third kappa shape index (κ3) is 4.30. The van der Waals surface area contributed by atoms with Crippen molar-refractivity contribution in [3.8, 4) is 5.75 Å². The summed E-state index contributed by atoms with van der Waals surface area (Å²) in [4.78, 5) is 19.3. The number of anilines is 1. The maximum absolute atomic E-state index is 12.9. The van der Waals surface area contributed by atoms with E-state index in [0.29, 0.717) is 0 Å². The van der Waals surface area contributed by atoms with E-state index < -0.39 is 0 Å². The van der Waals surface area contributed by atoms with Gasteiger partial charge in [-0.05, 0) is 35.7 Å². The summed E-state index contributed by atoms with van der Waals surface area (Å²) >= 11 is 0. The summed E-state index contributed by atoms with van der Waals surface area (Å²) in [6, 6.07) is 16.3. The van der Waals surface area contributed by atoms with Gasteiger partial charge in [-0.2, -0.15) is 0 Å². The molecule has 0 aliphatic carbocycles. The van der Waals surface area contributed by atoms with Gasteiger partial charge >= 0.3 is 0 Å². The minimum Gasteiger partial charge on any atom is -0.496 e. The number of hydrogen-bond donors (Lipinski definition) is 0. The SMILES string of the molecule is CCc1cc(N2CCN(C(C(=O)N(C)C)c3ccccc3)CC2)ccc1OC. The van der Waals surface area contributed by atoms with E-state index in [1.807, 2.05) is 32.3 Å². The van der Waals surface area contributed by atoms with E-state index in [4.69, 9.17) is 4.74 Å². The molecule has 0 bridgehead atoms. The summed E-state index contributed by atoms with van der Waals surface area (Å²) in [7, 11) is 5.38. The highest BCUT2D eigenvalue weighted by Gasteiger charge is 2.31. The van der Waals surface area contributed by atoms with Gasteiger partial charge in [0.1, 0.15) is 11.8 Å². The van der Waals surface area contributed by atoms with E-state index in [1.54, 1.807) is 12.0 Å². The molecule has 1 saturated heterocycles. The van der Waals surface area contributed by atoms with Crippen LogP contribution < -0.4 is 9.64 Å². The van der Waals surface area contributed by atoms with Crippen molar-refractivity contribution in [1.29, 1.82) is 0 Å². The minimum atomic E-state index is -0.222. The van der Waals surface area contributed by atoms with Gasteiger partial charge in [-0.3, -0.25) is 9.69 Å². The summed E-state index contributed by atoms with van der Waals surface area (Å²) in [5.41, 5.74) is 3.52. The standard InChI is InChI=1S/C23H31N3O2/c1-5-18-17-20(11-12-21(18)28-4)25-13-15-26(16-14-25)22(23(27)24(2)3)19-9-7-6-8-10-19/h6-12,17,22H,5,13-16H2,1-4H3. The molecule has 1 fully saturated rings. The number of rotatable bonds is 6. The first-order valence-electron chi connectivity index (χ1n) is 9.97. The molecule has 1 atom stereocenters. The van der Waals surface area contributed by atoms with Crippen molar-refractivity contribution in [1.82, 2.24) is 9.80 Å². The van der Waals surface area contributed by atoms with Crippen molar-refractivity contribution < 1.29 is 9.53 Å². The number of carbonyl (C=O) groups is 1. The maximum Gasteiger partial charge on any atom is 0.244 e. The number of amides is 1. The van der Waals surface area contributed by atoms with Crippen LogP contribution in [0.2, 0.25) is 0 Å². The van der Waals surface area contributed by atoms with Gasteiger partial charge < -0.3 is 14.5 Å². The minimum absolute atomic E-state index is 0.136. The monoisotopic (exact) mass is 381 g/mol. The van der Waals surface area contributed by atoms with Crippen molar-refractivity contribution >= 4 is 11.6 Å². The topological polar surface area (TPSA) is 36.0 Å². The van der Waals surface area contributed by atoms with Crippen LogP contribution in [0.25, 0.3) is 0 Å². The number of likely N-dealkylation sites (N-methyl/N-ethyl adjacent to an activating group) is 1. The molecule has 2 aromatic carbocycles. The summed E-state index contributed by atoms with van der Waals surface area (Å²) in [5, 5.41) is 0.